The van der Waals surface area contributed by atoms with Gasteiger partial charge in [-0.1, -0.05) is 86.6 Å². The third-order valence-corrected chi connectivity index (χ3v) is 8.21. The first-order valence-corrected chi connectivity index (χ1v) is 13.1. The maximum atomic E-state index is 13.2. The number of rotatable bonds is 2. The van der Waals surface area contributed by atoms with E-state index in [-0.39, 0.29) is 11.1 Å². The van der Waals surface area contributed by atoms with E-state index < -0.39 is 0 Å². The minimum atomic E-state index is -0.348. The van der Waals surface area contributed by atoms with Crippen LogP contribution >= 0.6 is 0 Å². The molecule has 1 aliphatic carbocycles. The molecule has 5 nitrogen and oxygen atoms in total. The molecule has 8 rings (SSSR count). The van der Waals surface area contributed by atoms with Gasteiger partial charge in [0.25, 0.3) is 0 Å². The van der Waals surface area contributed by atoms with Gasteiger partial charge < -0.3 is 4.57 Å². The summed E-state index contributed by atoms with van der Waals surface area (Å²) in [6.07, 6.45) is 1.85. The van der Waals surface area contributed by atoms with Crippen molar-refractivity contribution in [3.8, 4) is 28.2 Å². The molecule has 39 heavy (non-hydrogen) atoms. The number of para-hydroxylation sites is 1. The zero-order chi connectivity index (χ0) is 26.3. The quantitative estimate of drug-likeness (QED) is 0.251. The van der Waals surface area contributed by atoms with Crippen molar-refractivity contribution in [2.24, 2.45) is 0 Å². The molecule has 3 heterocycles. The molecule has 0 fully saturated rings. The third-order valence-electron chi connectivity index (χ3n) is 8.21. The highest BCUT2D eigenvalue weighted by Crippen LogP contribution is 2.50. The van der Waals surface area contributed by atoms with Crippen LogP contribution in [0.2, 0.25) is 0 Å². The van der Waals surface area contributed by atoms with Gasteiger partial charge in [-0.05, 0) is 52.6 Å². The van der Waals surface area contributed by atoms with Gasteiger partial charge in [-0.25, -0.2) is 14.2 Å². The molecule has 4 aromatic carbocycles. The number of hydrogen-bond donors (Lipinski definition) is 0. The molecule has 0 saturated heterocycles. The van der Waals surface area contributed by atoms with Crippen molar-refractivity contribution in [2.45, 2.75) is 19.3 Å². The van der Waals surface area contributed by atoms with E-state index in [0.29, 0.717) is 11.5 Å². The van der Waals surface area contributed by atoms with Crippen LogP contribution in [0, 0.1) is 0 Å². The summed E-state index contributed by atoms with van der Waals surface area (Å²) >= 11 is 0. The summed E-state index contributed by atoms with van der Waals surface area (Å²) in [7, 11) is 0. The van der Waals surface area contributed by atoms with E-state index in [1.165, 1.54) is 37.4 Å². The highest BCUT2D eigenvalue weighted by molar-refractivity contribution is 6.11. The number of pyridine rings is 1. The Bertz CT molecular complexity index is 2170. The first-order valence-electron chi connectivity index (χ1n) is 13.1. The Morgan fingerprint density at radius 3 is 2.31 bits per heavy atom. The Labute approximate surface area is 224 Å². The number of nitrogens with zero attached hydrogens (tertiary/aromatic N) is 4. The van der Waals surface area contributed by atoms with E-state index in [1.54, 1.807) is 0 Å². The van der Waals surface area contributed by atoms with Crippen LogP contribution in [0.5, 0.6) is 0 Å². The maximum Gasteiger partial charge on any atom is 0.355 e. The van der Waals surface area contributed by atoms with Gasteiger partial charge >= 0.3 is 5.69 Å². The Morgan fingerprint density at radius 1 is 0.667 bits per heavy atom. The lowest BCUT2D eigenvalue weighted by Crippen LogP contribution is -2.19. The van der Waals surface area contributed by atoms with E-state index >= 15 is 0 Å². The second kappa shape index (κ2) is 7.74. The lowest BCUT2D eigenvalue weighted by molar-refractivity contribution is 0.661. The minimum absolute atomic E-state index is 0.108. The molecule has 0 radical (unpaired) electrons. The van der Waals surface area contributed by atoms with E-state index in [9.17, 15) is 4.79 Å². The first kappa shape index (κ1) is 22.0. The van der Waals surface area contributed by atoms with Gasteiger partial charge in [-0.3, -0.25) is 0 Å². The Kier molecular flexibility index (Phi) is 4.37. The van der Waals surface area contributed by atoms with E-state index in [1.807, 2.05) is 48.7 Å². The molecule has 0 bridgehead atoms. The second-order valence-electron chi connectivity index (χ2n) is 10.7. The summed E-state index contributed by atoms with van der Waals surface area (Å²) in [4.78, 5) is 22.2. The van der Waals surface area contributed by atoms with Gasteiger partial charge in [0.15, 0.2) is 5.82 Å². The Balaban J connectivity index is 1.39. The van der Waals surface area contributed by atoms with Crippen LogP contribution in [0.15, 0.2) is 114 Å². The molecule has 186 valence electrons. The fourth-order valence-corrected chi connectivity index (χ4v) is 6.29. The smallest absolute Gasteiger partial charge is 0.308 e. The molecule has 0 aliphatic heterocycles. The number of hydrogen-bond acceptors (Lipinski definition) is 3. The minimum Gasteiger partial charge on any atom is -0.308 e. The molecule has 0 amide bonds. The van der Waals surface area contributed by atoms with Crippen LogP contribution in [-0.2, 0) is 5.41 Å². The van der Waals surface area contributed by atoms with Crippen molar-refractivity contribution < 1.29 is 0 Å². The Morgan fingerprint density at radius 2 is 1.44 bits per heavy atom. The van der Waals surface area contributed by atoms with Crippen LogP contribution in [-0.4, -0.2) is 18.9 Å². The molecule has 0 unspecified atom stereocenters. The van der Waals surface area contributed by atoms with Gasteiger partial charge in [0.05, 0.1) is 16.7 Å². The molecule has 7 aromatic rings. The highest BCUT2D eigenvalue weighted by Gasteiger charge is 2.36. The van der Waals surface area contributed by atoms with Crippen molar-refractivity contribution in [3.05, 3.63) is 131 Å². The molecular formula is C34H24N4O. The maximum absolute atomic E-state index is 13.2. The zero-order valence-electron chi connectivity index (χ0n) is 21.6. The number of fused-ring (bicyclic) bond motifs is 7. The molecule has 0 N–H and O–H groups in total. The van der Waals surface area contributed by atoms with Crippen LogP contribution in [0.25, 0.3) is 55.7 Å². The van der Waals surface area contributed by atoms with Gasteiger partial charge in [0, 0.05) is 27.9 Å². The predicted molar refractivity (Wildman–Crippen MR) is 157 cm³/mol. The van der Waals surface area contributed by atoms with Gasteiger partial charge in [0.1, 0.15) is 5.65 Å². The van der Waals surface area contributed by atoms with Gasteiger partial charge in [-0.15, -0.1) is 0 Å². The second-order valence-corrected chi connectivity index (χ2v) is 10.7. The van der Waals surface area contributed by atoms with Crippen LogP contribution in [0.3, 0.4) is 0 Å². The van der Waals surface area contributed by atoms with Crippen molar-refractivity contribution in [1.82, 2.24) is 18.9 Å². The fourth-order valence-electron chi connectivity index (χ4n) is 6.29. The van der Waals surface area contributed by atoms with Crippen molar-refractivity contribution in [1.29, 1.82) is 0 Å². The lowest BCUT2D eigenvalue weighted by atomic mass is 9.82. The molecule has 0 atom stereocenters. The van der Waals surface area contributed by atoms with Crippen LogP contribution < -0.4 is 5.69 Å². The molecule has 1 aliphatic rings. The Hall–Kier alpha value is -5.03. The van der Waals surface area contributed by atoms with Gasteiger partial charge in [0.2, 0.25) is 0 Å². The summed E-state index contributed by atoms with van der Waals surface area (Å²) in [6.45, 7) is 4.60. The van der Waals surface area contributed by atoms with Crippen molar-refractivity contribution >= 4 is 27.5 Å². The van der Waals surface area contributed by atoms with E-state index in [4.69, 9.17) is 0 Å². The first-order chi connectivity index (χ1) is 19.0. The van der Waals surface area contributed by atoms with Crippen LogP contribution in [0.4, 0.5) is 0 Å². The third kappa shape index (κ3) is 3.04. The van der Waals surface area contributed by atoms with Crippen molar-refractivity contribution in [2.75, 3.05) is 0 Å². The lowest BCUT2D eigenvalue weighted by Gasteiger charge is -2.21. The fraction of sp³-hybridized carbons (Fsp3) is 0.0882. The summed E-state index contributed by atoms with van der Waals surface area (Å²) in [5.74, 6) is 0.433. The number of aromatic nitrogens is 4. The average molecular weight is 505 g/mol. The predicted octanol–water partition coefficient (Wildman–Crippen LogP) is 7.16. The average Bonchev–Trinajstić information content (AvgIpc) is 3.41. The van der Waals surface area contributed by atoms with Crippen molar-refractivity contribution in [3.63, 3.8) is 0 Å². The number of benzene rings is 4. The highest BCUT2D eigenvalue weighted by atomic mass is 16.1. The molecule has 0 saturated carbocycles. The summed E-state index contributed by atoms with van der Waals surface area (Å²) in [5, 5.41) is 2.38. The molecule has 3 aromatic heterocycles. The largest absolute Gasteiger partial charge is 0.355 e. The van der Waals surface area contributed by atoms with E-state index in [2.05, 4.69) is 89.0 Å². The monoisotopic (exact) mass is 504 g/mol. The SMILES string of the molecule is CC1(C)c2ccccc2-c2cc3c4ccccc4n(-c4ccc5nc(-c6ccccc6)nc(=O)n5c4)c3cc21. The zero-order valence-corrected chi connectivity index (χ0v) is 21.6. The summed E-state index contributed by atoms with van der Waals surface area (Å²) in [5.41, 5.74) is 9.30. The molecule has 0 spiro atoms. The van der Waals surface area contributed by atoms with E-state index in [0.717, 1.165) is 22.3 Å². The summed E-state index contributed by atoms with van der Waals surface area (Å²) in [6, 6.07) is 35.4. The molecular weight excluding hydrogens is 480 g/mol. The topological polar surface area (TPSA) is 52.2 Å². The normalized spacial score (nSPS) is 13.7. The van der Waals surface area contributed by atoms with Gasteiger partial charge in [-0.2, -0.15) is 4.98 Å². The summed E-state index contributed by atoms with van der Waals surface area (Å²) < 4.78 is 3.79. The molecule has 5 heteroatoms. The van der Waals surface area contributed by atoms with Crippen LogP contribution in [0.1, 0.15) is 25.0 Å². The standard InChI is InChI=1S/C34H24N4O/c1-34(2)27-14-8-6-12-23(27)25-18-26-24-13-7-9-15-29(24)38(30(26)19-28(25)34)22-16-17-31-35-32(21-10-4-3-5-11-21)36-33(39)37(31)20-22/h3-20H,1-2H3.